The Morgan fingerprint density at radius 3 is 2.86 bits per heavy atom. The average molecular weight is 260 g/mol. The monoisotopic (exact) mass is 259 g/mol. The lowest BCUT2D eigenvalue weighted by Gasteiger charge is -2.25. The Kier molecular flexibility index (Phi) is 4.13. The molecule has 1 aromatic rings. The second-order valence-corrected chi connectivity index (χ2v) is 4.04. The summed E-state index contributed by atoms with van der Waals surface area (Å²) in [7, 11) is 0. The third-order valence-corrected chi connectivity index (χ3v) is 2.30. The molecule has 5 heteroatoms. The van der Waals surface area contributed by atoms with Crippen molar-refractivity contribution < 1.29 is 4.79 Å². The van der Waals surface area contributed by atoms with Crippen LogP contribution >= 0.6 is 15.9 Å². The van der Waals surface area contributed by atoms with E-state index in [1.54, 1.807) is 17.2 Å². The molecule has 0 unspecified atom stereocenters. The van der Waals surface area contributed by atoms with E-state index in [-0.39, 0.29) is 11.9 Å². The molecule has 0 aromatic carbocycles. The van der Waals surface area contributed by atoms with Crippen LogP contribution in [0.3, 0.4) is 0 Å². The van der Waals surface area contributed by atoms with Crippen molar-refractivity contribution in [2.24, 2.45) is 0 Å². The summed E-state index contributed by atoms with van der Waals surface area (Å²) in [4.78, 5) is 13.7. The van der Waals surface area contributed by atoms with Crippen LogP contribution in [0.1, 0.15) is 24.3 Å². The minimum absolute atomic E-state index is 0.00282. The van der Waals surface area contributed by atoms with Gasteiger partial charge in [0.05, 0.1) is 0 Å². The summed E-state index contributed by atoms with van der Waals surface area (Å²) >= 11 is 3.33. The number of alkyl halides is 1. The Balaban J connectivity index is 2.74. The second kappa shape index (κ2) is 5.14. The van der Waals surface area contributed by atoms with Crippen LogP contribution in [0.15, 0.2) is 12.3 Å². The third kappa shape index (κ3) is 2.57. The van der Waals surface area contributed by atoms with E-state index in [0.29, 0.717) is 12.2 Å². The van der Waals surface area contributed by atoms with Crippen LogP contribution in [0.25, 0.3) is 0 Å². The van der Waals surface area contributed by atoms with Crippen LogP contribution in [0.2, 0.25) is 0 Å². The maximum Gasteiger partial charge on any atom is 0.272 e. The molecule has 1 N–H and O–H groups in total. The molecule has 78 valence electrons. The summed E-state index contributed by atoms with van der Waals surface area (Å²) in [5.74, 6) is -0.00282. The molecule has 1 amide bonds. The van der Waals surface area contributed by atoms with Crippen molar-refractivity contribution in [2.75, 3.05) is 11.9 Å². The zero-order valence-corrected chi connectivity index (χ0v) is 9.91. The predicted molar refractivity (Wildman–Crippen MR) is 58.6 cm³/mol. The van der Waals surface area contributed by atoms with Gasteiger partial charge in [0.15, 0.2) is 0 Å². The predicted octanol–water partition coefficient (Wildman–Crippen LogP) is 1.66. The first-order chi connectivity index (χ1) is 6.66. The second-order valence-electron chi connectivity index (χ2n) is 3.25. The molecule has 0 radical (unpaired) electrons. The minimum atomic E-state index is -0.00282. The van der Waals surface area contributed by atoms with Crippen molar-refractivity contribution in [1.82, 2.24) is 15.1 Å². The quantitative estimate of drug-likeness (QED) is 0.837. The molecule has 0 saturated heterocycles. The third-order valence-electron chi connectivity index (χ3n) is 1.94. The van der Waals surface area contributed by atoms with E-state index in [0.717, 1.165) is 5.33 Å². The highest BCUT2D eigenvalue weighted by Crippen LogP contribution is 2.06. The lowest BCUT2D eigenvalue weighted by molar-refractivity contribution is 0.0713. The number of aromatic nitrogens is 2. The van der Waals surface area contributed by atoms with Gasteiger partial charge in [0.2, 0.25) is 0 Å². The maximum atomic E-state index is 11.9. The molecule has 0 bridgehead atoms. The first-order valence-corrected chi connectivity index (χ1v) is 5.65. The van der Waals surface area contributed by atoms with Gasteiger partial charge in [0, 0.05) is 24.1 Å². The summed E-state index contributed by atoms with van der Waals surface area (Å²) in [6.45, 7) is 4.70. The topological polar surface area (TPSA) is 49.0 Å². The molecule has 0 aliphatic heterocycles. The number of amides is 1. The molecule has 0 fully saturated rings. The van der Waals surface area contributed by atoms with Gasteiger partial charge in [0.1, 0.15) is 5.69 Å². The summed E-state index contributed by atoms with van der Waals surface area (Å²) in [5, 5.41) is 7.22. The molecular weight excluding hydrogens is 246 g/mol. The van der Waals surface area contributed by atoms with Crippen molar-refractivity contribution in [2.45, 2.75) is 19.9 Å². The van der Waals surface area contributed by atoms with E-state index >= 15 is 0 Å². The van der Waals surface area contributed by atoms with Gasteiger partial charge < -0.3 is 4.90 Å². The molecule has 1 heterocycles. The van der Waals surface area contributed by atoms with Crippen LogP contribution in [-0.4, -0.2) is 38.9 Å². The number of carbonyl (C=O) groups excluding carboxylic acids is 1. The Morgan fingerprint density at radius 1 is 1.71 bits per heavy atom. The van der Waals surface area contributed by atoms with Gasteiger partial charge in [0.25, 0.3) is 5.91 Å². The van der Waals surface area contributed by atoms with Crippen molar-refractivity contribution >= 4 is 21.8 Å². The number of halogens is 1. The van der Waals surface area contributed by atoms with Crippen LogP contribution in [0.5, 0.6) is 0 Å². The normalized spacial score (nSPS) is 10.6. The van der Waals surface area contributed by atoms with E-state index in [2.05, 4.69) is 26.1 Å². The molecule has 0 spiro atoms. The van der Waals surface area contributed by atoms with Gasteiger partial charge in [-0.3, -0.25) is 9.89 Å². The summed E-state index contributed by atoms with van der Waals surface area (Å²) in [6.07, 6.45) is 1.58. The standard InChI is InChI=1S/C9H14BrN3O/c1-7(2)13(6-4-10)9(14)8-3-5-11-12-8/h3,5,7H,4,6H2,1-2H3,(H,11,12). The van der Waals surface area contributed by atoms with E-state index in [1.807, 2.05) is 13.8 Å². The van der Waals surface area contributed by atoms with Gasteiger partial charge in [-0.2, -0.15) is 5.10 Å². The van der Waals surface area contributed by atoms with Crippen LogP contribution < -0.4 is 0 Å². The Morgan fingerprint density at radius 2 is 2.43 bits per heavy atom. The van der Waals surface area contributed by atoms with Crippen LogP contribution in [0.4, 0.5) is 0 Å². The number of hydrogen-bond acceptors (Lipinski definition) is 2. The molecule has 0 saturated carbocycles. The fraction of sp³-hybridized carbons (Fsp3) is 0.556. The first kappa shape index (κ1) is 11.2. The fourth-order valence-electron chi connectivity index (χ4n) is 1.22. The van der Waals surface area contributed by atoms with Gasteiger partial charge in [-0.15, -0.1) is 0 Å². The van der Waals surface area contributed by atoms with Crippen molar-refractivity contribution in [1.29, 1.82) is 0 Å². The zero-order valence-electron chi connectivity index (χ0n) is 8.33. The van der Waals surface area contributed by atoms with Crippen molar-refractivity contribution in [3.05, 3.63) is 18.0 Å². The molecular formula is C9H14BrN3O. The molecule has 1 rings (SSSR count). The molecule has 14 heavy (non-hydrogen) atoms. The molecule has 4 nitrogen and oxygen atoms in total. The van der Waals surface area contributed by atoms with Gasteiger partial charge in [-0.25, -0.2) is 0 Å². The minimum Gasteiger partial charge on any atom is -0.334 e. The highest BCUT2D eigenvalue weighted by atomic mass is 79.9. The Labute approximate surface area is 91.8 Å². The highest BCUT2D eigenvalue weighted by molar-refractivity contribution is 9.09. The van der Waals surface area contributed by atoms with E-state index < -0.39 is 0 Å². The zero-order chi connectivity index (χ0) is 10.6. The number of nitrogens with zero attached hydrogens (tertiary/aromatic N) is 2. The van der Waals surface area contributed by atoms with Crippen molar-refractivity contribution in [3.63, 3.8) is 0 Å². The number of hydrogen-bond donors (Lipinski definition) is 1. The lowest BCUT2D eigenvalue weighted by Crippen LogP contribution is -2.38. The van der Waals surface area contributed by atoms with Crippen molar-refractivity contribution in [3.8, 4) is 0 Å². The summed E-state index contributed by atoms with van der Waals surface area (Å²) in [5.41, 5.74) is 0.541. The fourth-order valence-corrected chi connectivity index (χ4v) is 1.60. The van der Waals surface area contributed by atoms with Gasteiger partial charge in [-0.05, 0) is 19.9 Å². The number of nitrogens with one attached hydrogen (secondary N) is 1. The maximum absolute atomic E-state index is 11.9. The van der Waals surface area contributed by atoms with E-state index in [4.69, 9.17) is 0 Å². The Hall–Kier alpha value is -0.840. The van der Waals surface area contributed by atoms with Crippen LogP contribution in [-0.2, 0) is 0 Å². The van der Waals surface area contributed by atoms with Gasteiger partial charge >= 0.3 is 0 Å². The molecule has 0 aliphatic rings. The largest absolute Gasteiger partial charge is 0.334 e. The first-order valence-electron chi connectivity index (χ1n) is 4.53. The van der Waals surface area contributed by atoms with E-state index in [1.165, 1.54) is 0 Å². The SMILES string of the molecule is CC(C)N(CCBr)C(=O)c1ccn[nH]1. The summed E-state index contributed by atoms with van der Waals surface area (Å²) in [6, 6.07) is 1.88. The van der Waals surface area contributed by atoms with Gasteiger partial charge in [-0.1, -0.05) is 15.9 Å². The molecule has 1 aromatic heterocycles. The van der Waals surface area contributed by atoms with E-state index in [9.17, 15) is 4.79 Å². The summed E-state index contributed by atoms with van der Waals surface area (Å²) < 4.78 is 0. The lowest BCUT2D eigenvalue weighted by atomic mass is 10.3. The smallest absolute Gasteiger partial charge is 0.272 e. The highest BCUT2D eigenvalue weighted by Gasteiger charge is 2.18. The average Bonchev–Trinajstić information content (AvgIpc) is 2.65. The Bertz CT molecular complexity index is 284. The number of rotatable bonds is 4. The molecule has 0 aliphatic carbocycles. The molecule has 0 atom stereocenters. The van der Waals surface area contributed by atoms with Crippen LogP contribution in [0, 0.1) is 0 Å². The number of aromatic amines is 1. The number of H-pyrrole nitrogens is 1. The number of carbonyl (C=O) groups is 1.